The second kappa shape index (κ2) is 7.54. The van der Waals surface area contributed by atoms with Crippen LogP contribution in [0.4, 0.5) is 10.6 Å². The number of nitrogens with one attached hydrogen (secondary N) is 1. The molecule has 0 radical (unpaired) electrons. The molecule has 0 bridgehead atoms. The lowest BCUT2D eigenvalue weighted by Gasteiger charge is -2.13. The van der Waals surface area contributed by atoms with Crippen molar-refractivity contribution in [3.05, 3.63) is 18.1 Å². The van der Waals surface area contributed by atoms with E-state index in [-0.39, 0.29) is 41.5 Å². The molecule has 1 saturated heterocycles. The molecule has 2 heterocycles. The van der Waals surface area contributed by atoms with Crippen molar-refractivity contribution >= 4 is 40.6 Å². The minimum atomic E-state index is -0.868. The van der Waals surface area contributed by atoms with Crippen molar-refractivity contribution in [2.24, 2.45) is 0 Å². The van der Waals surface area contributed by atoms with E-state index < -0.39 is 18.5 Å². The Bertz CT molecular complexity index is 636. The summed E-state index contributed by atoms with van der Waals surface area (Å²) in [6.07, 6.45) is 2.59. The van der Waals surface area contributed by atoms with Gasteiger partial charge < -0.3 is 15.8 Å². The van der Waals surface area contributed by atoms with Gasteiger partial charge in [-0.2, -0.15) is 0 Å². The van der Waals surface area contributed by atoms with Crippen LogP contribution < -0.4 is 11.1 Å². The quantitative estimate of drug-likeness (QED) is 0.625. The van der Waals surface area contributed by atoms with Gasteiger partial charge in [-0.25, -0.2) is 14.8 Å². The molecular formula is C12H13N5O5S. The van der Waals surface area contributed by atoms with Gasteiger partial charge in [0.25, 0.3) is 11.1 Å². The predicted molar refractivity (Wildman–Crippen MR) is 79.3 cm³/mol. The van der Waals surface area contributed by atoms with Crippen molar-refractivity contribution in [3.63, 3.8) is 0 Å². The van der Waals surface area contributed by atoms with Gasteiger partial charge in [0.2, 0.25) is 5.91 Å². The fraction of sp³-hybridized carbons (Fsp3) is 0.333. The Morgan fingerprint density at radius 3 is 2.74 bits per heavy atom. The van der Waals surface area contributed by atoms with Gasteiger partial charge in [-0.05, 0) is 0 Å². The van der Waals surface area contributed by atoms with Crippen LogP contribution >= 0.6 is 11.8 Å². The average Bonchev–Trinajstić information content (AvgIpc) is 2.85. The Morgan fingerprint density at radius 1 is 1.35 bits per heavy atom. The van der Waals surface area contributed by atoms with E-state index in [4.69, 9.17) is 10.5 Å². The van der Waals surface area contributed by atoms with Crippen LogP contribution in [0.5, 0.6) is 0 Å². The van der Waals surface area contributed by atoms with Crippen LogP contribution in [0.2, 0.25) is 0 Å². The second-order valence-corrected chi connectivity index (χ2v) is 5.24. The molecule has 0 aliphatic carbocycles. The van der Waals surface area contributed by atoms with Crippen LogP contribution in [0.3, 0.4) is 0 Å². The standard InChI is InChI=1S/C12H13N5O5S/c13-10-9(15-1-2-16-10)11(20)22-5-7(18)14-3-4-17-8(19)6-23-12(17)21/h1-2H,3-6H2,(H2,13,16)(H,14,18). The van der Waals surface area contributed by atoms with E-state index >= 15 is 0 Å². The van der Waals surface area contributed by atoms with E-state index in [9.17, 15) is 19.2 Å². The highest BCUT2D eigenvalue weighted by Gasteiger charge is 2.29. The zero-order valence-electron chi connectivity index (χ0n) is 11.9. The predicted octanol–water partition coefficient (Wildman–Crippen LogP) is -0.973. The lowest BCUT2D eigenvalue weighted by molar-refractivity contribution is -0.126. The van der Waals surface area contributed by atoms with E-state index in [0.717, 1.165) is 16.7 Å². The molecule has 3 amide bonds. The van der Waals surface area contributed by atoms with E-state index in [1.165, 1.54) is 12.4 Å². The third-order valence-electron chi connectivity index (χ3n) is 2.75. The molecule has 0 atom stereocenters. The molecule has 10 nitrogen and oxygen atoms in total. The van der Waals surface area contributed by atoms with E-state index in [2.05, 4.69) is 15.3 Å². The van der Waals surface area contributed by atoms with Crippen LogP contribution in [0.25, 0.3) is 0 Å². The minimum absolute atomic E-state index is 0.0709. The molecule has 1 fully saturated rings. The lowest BCUT2D eigenvalue weighted by Crippen LogP contribution is -2.38. The first kappa shape index (κ1) is 16.7. The fourth-order valence-corrected chi connectivity index (χ4v) is 2.41. The van der Waals surface area contributed by atoms with E-state index in [1.54, 1.807) is 0 Å². The van der Waals surface area contributed by atoms with E-state index in [0.29, 0.717) is 0 Å². The number of amides is 3. The van der Waals surface area contributed by atoms with Crippen molar-refractivity contribution in [3.8, 4) is 0 Å². The van der Waals surface area contributed by atoms with Gasteiger partial charge in [-0.1, -0.05) is 11.8 Å². The maximum absolute atomic E-state index is 11.7. The van der Waals surface area contributed by atoms with Crippen LogP contribution in [0, 0.1) is 0 Å². The van der Waals surface area contributed by atoms with Gasteiger partial charge >= 0.3 is 5.97 Å². The molecular weight excluding hydrogens is 326 g/mol. The van der Waals surface area contributed by atoms with Gasteiger partial charge in [0.15, 0.2) is 18.1 Å². The van der Waals surface area contributed by atoms with Crippen molar-refractivity contribution in [2.75, 3.05) is 31.2 Å². The molecule has 0 spiro atoms. The summed E-state index contributed by atoms with van der Waals surface area (Å²) in [5.74, 6) is -1.72. The number of esters is 1. The first-order valence-corrected chi connectivity index (χ1v) is 7.45. The summed E-state index contributed by atoms with van der Waals surface area (Å²) in [4.78, 5) is 54.3. The van der Waals surface area contributed by atoms with Gasteiger partial charge in [-0.3, -0.25) is 19.3 Å². The van der Waals surface area contributed by atoms with Crippen molar-refractivity contribution in [1.29, 1.82) is 0 Å². The van der Waals surface area contributed by atoms with Crippen molar-refractivity contribution in [1.82, 2.24) is 20.2 Å². The SMILES string of the molecule is Nc1nccnc1C(=O)OCC(=O)NCCN1C(=O)CSC1=O. The molecule has 1 aliphatic heterocycles. The smallest absolute Gasteiger partial charge is 0.361 e. The third-order valence-corrected chi connectivity index (χ3v) is 3.61. The zero-order valence-corrected chi connectivity index (χ0v) is 12.7. The van der Waals surface area contributed by atoms with Gasteiger partial charge in [-0.15, -0.1) is 0 Å². The Hall–Kier alpha value is -2.69. The Kier molecular flexibility index (Phi) is 5.46. The molecule has 3 N–H and O–H groups in total. The molecule has 23 heavy (non-hydrogen) atoms. The zero-order chi connectivity index (χ0) is 16.8. The number of nitrogen functional groups attached to an aromatic ring is 1. The lowest BCUT2D eigenvalue weighted by atomic mass is 10.4. The second-order valence-electron chi connectivity index (χ2n) is 4.32. The molecule has 0 aromatic carbocycles. The van der Waals surface area contributed by atoms with Crippen molar-refractivity contribution < 1.29 is 23.9 Å². The summed E-state index contributed by atoms with van der Waals surface area (Å²) < 4.78 is 4.75. The third kappa shape index (κ3) is 4.39. The number of carbonyl (C=O) groups is 4. The maximum Gasteiger partial charge on any atom is 0.361 e. The summed E-state index contributed by atoms with van der Waals surface area (Å²) in [5, 5.41) is 2.09. The fourth-order valence-electron chi connectivity index (χ4n) is 1.66. The summed E-state index contributed by atoms with van der Waals surface area (Å²) in [6, 6.07) is 0. The summed E-state index contributed by atoms with van der Waals surface area (Å²) in [5.41, 5.74) is 5.28. The summed E-state index contributed by atoms with van der Waals surface area (Å²) >= 11 is 0.916. The topological polar surface area (TPSA) is 145 Å². The molecule has 1 aromatic heterocycles. The van der Waals surface area contributed by atoms with E-state index in [1.807, 2.05) is 0 Å². The Morgan fingerprint density at radius 2 is 2.09 bits per heavy atom. The molecule has 122 valence electrons. The highest BCUT2D eigenvalue weighted by Crippen LogP contribution is 2.17. The molecule has 11 heteroatoms. The number of imide groups is 1. The molecule has 1 aliphatic rings. The van der Waals surface area contributed by atoms with Crippen LogP contribution in [0.1, 0.15) is 10.5 Å². The van der Waals surface area contributed by atoms with Crippen LogP contribution in [-0.2, 0) is 14.3 Å². The van der Waals surface area contributed by atoms with Gasteiger partial charge in [0.05, 0.1) is 5.75 Å². The number of hydrogen-bond acceptors (Lipinski definition) is 9. The average molecular weight is 339 g/mol. The first-order valence-electron chi connectivity index (χ1n) is 6.46. The first-order chi connectivity index (χ1) is 11.0. The number of thioether (sulfide) groups is 1. The van der Waals surface area contributed by atoms with Crippen LogP contribution in [-0.4, -0.2) is 63.3 Å². The number of ether oxygens (including phenoxy) is 1. The minimum Gasteiger partial charge on any atom is -0.451 e. The maximum atomic E-state index is 11.7. The Balaban J connectivity index is 1.71. The normalized spacial score (nSPS) is 14.0. The molecule has 2 rings (SSSR count). The van der Waals surface area contributed by atoms with Crippen LogP contribution in [0.15, 0.2) is 12.4 Å². The summed E-state index contributed by atoms with van der Waals surface area (Å²) in [6.45, 7) is -0.394. The monoisotopic (exact) mass is 339 g/mol. The number of rotatable bonds is 6. The van der Waals surface area contributed by atoms with Gasteiger partial charge in [0.1, 0.15) is 0 Å². The largest absolute Gasteiger partial charge is 0.451 e. The summed E-state index contributed by atoms with van der Waals surface area (Å²) in [7, 11) is 0. The Labute approximate surface area is 134 Å². The molecule has 1 aromatic rings. The number of anilines is 1. The highest BCUT2D eigenvalue weighted by atomic mass is 32.2. The number of hydrogen-bond donors (Lipinski definition) is 2. The highest BCUT2D eigenvalue weighted by molar-refractivity contribution is 8.14. The molecule has 0 saturated carbocycles. The number of nitrogens with two attached hydrogens (primary N) is 1. The molecule has 0 unspecified atom stereocenters. The van der Waals surface area contributed by atoms with Crippen molar-refractivity contribution in [2.45, 2.75) is 0 Å². The number of aromatic nitrogens is 2. The number of nitrogens with zero attached hydrogens (tertiary/aromatic N) is 3. The number of carbonyl (C=O) groups excluding carboxylic acids is 4. The van der Waals surface area contributed by atoms with Gasteiger partial charge in [0, 0.05) is 25.5 Å².